The Labute approximate surface area is 151 Å². The first-order valence-corrected chi connectivity index (χ1v) is 9.53. The first-order chi connectivity index (χ1) is 12.3. The molecule has 0 aliphatic heterocycles. The molecule has 0 spiro atoms. The van der Waals surface area contributed by atoms with Gasteiger partial charge in [0, 0.05) is 11.6 Å². The summed E-state index contributed by atoms with van der Waals surface area (Å²) in [6, 6.07) is 11.8. The molecule has 0 atom stereocenters. The second-order valence-corrected chi connectivity index (χ2v) is 6.25. The van der Waals surface area contributed by atoms with Crippen molar-refractivity contribution in [3.8, 4) is 22.9 Å². The molecule has 136 valence electrons. The van der Waals surface area contributed by atoms with Gasteiger partial charge in [-0.15, -0.1) is 10.2 Å². The van der Waals surface area contributed by atoms with Crippen molar-refractivity contribution in [3.05, 3.63) is 36.4 Å². The maximum Gasteiger partial charge on any atom is 0.233 e. The van der Waals surface area contributed by atoms with Crippen LogP contribution in [0.2, 0.25) is 0 Å². The summed E-state index contributed by atoms with van der Waals surface area (Å²) < 4.78 is 11.4. The average molecular weight is 342 g/mol. The Kier molecular flexibility index (Phi) is 8.81. The molecule has 0 fully saturated rings. The zero-order chi connectivity index (χ0) is 17.7. The van der Waals surface area contributed by atoms with Gasteiger partial charge in [0.15, 0.2) is 0 Å². The van der Waals surface area contributed by atoms with E-state index in [-0.39, 0.29) is 0 Å². The molecule has 2 aromatic rings. The number of benzene rings is 1. The molecule has 0 saturated carbocycles. The van der Waals surface area contributed by atoms with Gasteiger partial charge in [0.05, 0.1) is 18.9 Å². The molecule has 0 saturated heterocycles. The minimum Gasteiger partial charge on any atom is -0.494 e. The molecule has 4 nitrogen and oxygen atoms in total. The Morgan fingerprint density at radius 3 is 2.04 bits per heavy atom. The summed E-state index contributed by atoms with van der Waals surface area (Å²) in [7, 11) is 0. The van der Waals surface area contributed by atoms with Crippen molar-refractivity contribution in [3.63, 3.8) is 0 Å². The number of hydrogen-bond donors (Lipinski definition) is 0. The third kappa shape index (κ3) is 7.12. The van der Waals surface area contributed by atoms with E-state index in [1.165, 1.54) is 32.1 Å². The lowest BCUT2D eigenvalue weighted by molar-refractivity contribution is 0.290. The molecule has 1 heterocycles. The summed E-state index contributed by atoms with van der Waals surface area (Å²) in [6.07, 6.45) is 8.28. The van der Waals surface area contributed by atoms with Crippen molar-refractivity contribution in [1.82, 2.24) is 10.2 Å². The van der Waals surface area contributed by atoms with Gasteiger partial charge in [-0.25, -0.2) is 0 Å². The Balaban J connectivity index is 1.80. The van der Waals surface area contributed by atoms with E-state index >= 15 is 0 Å². The molecule has 0 bridgehead atoms. The van der Waals surface area contributed by atoms with E-state index in [0.29, 0.717) is 12.5 Å². The van der Waals surface area contributed by atoms with Gasteiger partial charge in [0.1, 0.15) is 5.75 Å². The number of ether oxygens (including phenoxy) is 2. The molecule has 1 aromatic heterocycles. The molecule has 4 heteroatoms. The fourth-order valence-corrected chi connectivity index (χ4v) is 2.52. The molecule has 0 aliphatic carbocycles. The van der Waals surface area contributed by atoms with Crippen LogP contribution in [0.15, 0.2) is 36.4 Å². The lowest BCUT2D eigenvalue weighted by Crippen LogP contribution is -2.00. The van der Waals surface area contributed by atoms with E-state index < -0.39 is 0 Å². The highest BCUT2D eigenvalue weighted by molar-refractivity contribution is 5.59. The fourth-order valence-electron chi connectivity index (χ4n) is 2.52. The highest BCUT2D eigenvalue weighted by Gasteiger charge is 2.03. The number of nitrogens with zero attached hydrogens (tertiary/aromatic N) is 2. The second-order valence-electron chi connectivity index (χ2n) is 6.25. The number of unbranched alkanes of at least 4 members (excludes halogenated alkanes) is 5. The summed E-state index contributed by atoms with van der Waals surface area (Å²) in [5.74, 6) is 1.50. The number of rotatable bonds is 12. The maximum absolute atomic E-state index is 5.73. The quantitative estimate of drug-likeness (QED) is 0.466. The van der Waals surface area contributed by atoms with Crippen LogP contribution in [0, 0.1) is 0 Å². The van der Waals surface area contributed by atoms with E-state index in [2.05, 4.69) is 24.0 Å². The average Bonchev–Trinajstić information content (AvgIpc) is 2.66. The van der Waals surface area contributed by atoms with Gasteiger partial charge in [0.2, 0.25) is 5.88 Å². The SMILES string of the molecule is CCCCCCOc1ccc(-c2ccc(OCCCCC)cc2)nn1. The van der Waals surface area contributed by atoms with Gasteiger partial charge in [-0.05, 0) is 43.2 Å². The van der Waals surface area contributed by atoms with Crippen LogP contribution in [0.5, 0.6) is 11.6 Å². The first-order valence-electron chi connectivity index (χ1n) is 9.53. The van der Waals surface area contributed by atoms with E-state index in [9.17, 15) is 0 Å². The van der Waals surface area contributed by atoms with Gasteiger partial charge in [-0.2, -0.15) is 0 Å². The van der Waals surface area contributed by atoms with Crippen molar-refractivity contribution in [2.45, 2.75) is 58.8 Å². The summed E-state index contributed by atoms with van der Waals surface area (Å²) in [5.41, 5.74) is 1.87. The lowest BCUT2D eigenvalue weighted by atomic mass is 10.1. The van der Waals surface area contributed by atoms with Crippen molar-refractivity contribution < 1.29 is 9.47 Å². The van der Waals surface area contributed by atoms with Crippen molar-refractivity contribution in [2.75, 3.05) is 13.2 Å². The van der Waals surface area contributed by atoms with E-state index in [4.69, 9.17) is 9.47 Å². The zero-order valence-corrected chi connectivity index (χ0v) is 15.5. The van der Waals surface area contributed by atoms with Crippen LogP contribution >= 0.6 is 0 Å². The molecule has 25 heavy (non-hydrogen) atoms. The Hall–Kier alpha value is -2.10. The molecule has 2 rings (SSSR count). The van der Waals surface area contributed by atoms with Crippen LogP contribution in [0.25, 0.3) is 11.3 Å². The smallest absolute Gasteiger partial charge is 0.233 e. The number of hydrogen-bond acceptors (Lipinski definition) is 4. The van der Waals surface area contributed by atoms with Crippen LogP contribution in [0.4, 0.5) is 0 Å². The molecular formula is C21H30N2O2. The van der Waals surface area contributed by atoms with Crippen LogP contribution in [0.1, 0.15) is 58.8 Å². The third-order valence-electron chi connectivity index (χ3n) is 4.05. The van der Waals surface area contributed by atoms with Gasteiger partial charge < -0.3 is 9.47 Å². The minimum absolute atomic E-state index is 0.594. The lowest BCUT2D eigenvalue weighted by Gasteiger charge is -2.07. The largest absolute Gasteiger partial charge is 0.494 e. The topological polar surface area (TPSA) is 44.2 Å². The highest BCUT2D eigenvalue weighted by Crippen LogP contribution is 2.21. The van der Waals surface area contributed by atoms with E-state index in [1.54, 1.807) is 0 Å². The van der Waals surface area contributed by atoms with Gasteiger partial charge in [-0.3, -0.25) is 0 Å². The predicted molar refractivity (Wildman–Crippen MR) is 102 cm³/mol. The monoisotopic (exact) mass is 342 g/mol. The molecule has 0 N–H and O–H groups in total. The molecule has 0 amide bonds. The molecule has 0 aliphatic rings. The molecule has 1 aromatic carbocycles. The van der Waals surface area contributed by atoms with Gasteiger partial charge in [-0.1, -0.05) is 46.0 Å². The Bertz CT molecular complexity index is 582. The Morgan fingerprint density at radius 1 is 0.680 bits per heavy atom. The van der Waals surface area contributed by atoms with E-state index in [0.717, 1.165) is 36.5 Å². The summed E-state index contributed by atoms with van der Waals surface area (Å²) in [5, 5.41) is 8.43. The normalized spacial score (nSPS) is 10.6. The molecular weight excluding hydrogens is 312 g/mol. The van der Waals surface area contributed by atoms with Crippen molar-refractivity contribution in [2.24, 2.45) is 0 Å². The fraction of sp³-hybridized carbons (Fsp3) is 0.524. The maximum atomic E-state index is 5.73. The second kappa shape index (κ2) is 11.5. The molecule has 0 unspecified atom stereocenters. The summed E-state index contributed by atoms with van der Waals surface area (Å²) in [6.45, 7) is 5.88. The van der Waals surface area contributed by atoms with E-state index in [1.807, 2.05) is 36.4 Å². The molecule has 0 radical (unpaired) electrons. The van der Waals surface area contributed by atoms with Crippen molar-refractivity contribution in [1.29, 1.82) is 0 Å². The minimum atomic E-state index is 0.594. The van der Waals surface area contributed by atoms with Gasteiger partial charge in [0.25, 0.3) is 0 Å². The summed E-state index contributed by atoms with van der Waals surface area (Å²) in [4.78, 5) is 0. The van der Waals surface area contributed by atoms with Crippen LogP contribution < -0.4 is 9.47 Å². The van der Waals surface area contributed by atoms with Crippen LogP contribution in [-0.2, 0) is 0 Å². The number of aromatic nitrogens is 2. The third-order valence-corrected chi connectivity index (χ3v) is 4.05. The zero-order valence-electron chi connectivity index (χ0n) is 15.5. The van der Waals surface area contributed by atoms with Gasteiger partial charge >= 0.3 is 0 Å². The predicted octanol–water partition coefficient (Wildman–Crippen LogP) is 5.67. The first kappa shape index (κ1) is 19.2. The summed E-state index contributed by atoms with van der Waals surface area (Å²) >= 11 is 0. The van der Waals surface area contributed by atoms with Crippen LogP contribution in [0.3, 0.4) is 0 Å². The standard InChI is InChI=1S/C21H30N2O2/c1-3-5-7-9-17-25-21-15-14-20(22-23-21)18-10-12-19(13-11-18)24-16-8-6-4-2/h10-15H,3-9,16-17H2,1-2H3. The van der Waals surface area contributed by atoms with Crippen LogP contribution in [-0.4, -0.2) is 23.4 Å². The Morgan fingerprint density at radius 2 is 1.36 bits per heavy atom. The highest BCUT2D eigenvalue weighted by atomic mass is 16.5. The van der Waals surface area contributed by atoms with Crippen molar-refractivity contribution >= 4 is 0 Å².